The van der Waals surface area contributed by atoms with Crippen LogP contribution in [-0.2, 0) is 42.8 Å². The summed E-state index contributed by atoms with van der Waals surface area (Å²) in [6.45, 7) is 7.27. The predicted molar refractivity (Wildman–Crippen MR) is 108 cm³/mol. The Morgan fingerprint density at radius 1 is 1.03 bits per heavy atom. The molecule has 2 rings (SSSR count). The molecule has 31 heavy (non-hydrogen) atoms. The Labute approximate surface area is 183 Å². The van der Waals surface area contributed by atoms with E-state index in [1.807, 2.05) is 13.8 Å². The highest BCUT2D eigenvalue weighted by molar-refractivity contribution is 5.92. The maximum Gasteiger partial charge on any atom is 0.378 e. The van der Waals surface area contributed by atoms with Gasteiger partial charge in [-0.05, 0) is 26.7 Å². The first kappa shape index (κ1) is 25.1. The van der Waals surface area contributed by atoms with Crippen LogP contribution in [0.3, 0.4) is 0 Å². The molecule has 0 N–H and O–H groups in total. The SMILES string of the molecule is CCCCCC(=O)OCOC1=C(OC(=O)CCCCC)C(=O)O[C@@H]1[C@@H]1COC(C)(C)O1. The van der Waals surface area contributed by atoms with Crippen LogP contribution in [0, 0.1) is 0 Å². The number of hydrogen-bond acceptors (Lipinski definition) is 9. The standard InChI is InChI=1S/C22H34O9/c1-5-7-9-11-16(23)26-14-27-19-18(15-13-28-22(3,4)31-15)30-21(25)20(19)29-17(24)12-10-8-6-2/h15,18H,5-14H2,1-4H3/t15-,18+/m0/s1. The van der Waals surface area contributed by atoms with Crippen molar-refractivity contribution in [2.45, 2.75) is 97.1 Å². The molecule has 176 valence electrons. The minimum atomic E-state index is -0.966. The molecule has 2 heterocycles. The Morgan fingerprint density at radius 3 is 2.26 bits per heavy atom. The number of carbonyl (C=O) groups is 3. The maximum atomic E-state index is 12.4. The van der Waals surface area contributed by atoms with Crippen molar-refractivity contribution >= 4 is 17.9 Å². The van der Waals surface area contributed by atoms with Crippen molar-refractivity contribution in [3.8, 4) is 0 Å². The first-order valence-electron chi connectivity index (χ1n) is 11.0. The molecule has 2 aliphatic rings. The molecule has 0 amide bonds. The molecule has 2 atom stereocenters. The van der Waals surface area contributed by atoms with Gasteiger partial charge >= 0.3 is 17.9 Å². The summed E-state index contributed by atoms with van der Waals surface area (Å²) in [5.41, 5.74) is 0. The zero-order valence-electron chi connectivity index (χ0n) is 18.9. The van der Waals surface area contributed by atoms with E-state index in [0.29, 0.717) is 6.42 Å². The van der Waals surface area contributed by atoms with E-state index in [2.05, 4.69) is 0 Å². The van der Waals surface area contributed by atoms with Gasteiger partial charge < -0.3 is 28.4 Å². The van der Waals surface area contributed by atoms with Gasteiger partial charge in [-0.15, -0.1) is 0 Å². The summed E-state index contributed by atoms with van der Waals surface area (Å²) in [4.78, 5) is 36.4. The highest BCUT2D eigenvalue weighted by Crippen LogP contribution is 2.34. The number of ether oxygens (including phenoxy) is 6. The lowest BCUT2D eigenvalue weighted by atomic mass is 10.2. The summed E-state index contributed by atoms with van der Waals surface area (Å²) in [7, 11) is 0. The van der Waals surface area contributed by atoms with E-state index < -0.39 is 42.7 Å². The molecule has 0 radical (unpaired) electrons. The Bertz CT molecular complexity index is 668. The van der Waals surface area contributed by atoms with Crippen molar-refractivity contribution in [3.05, 3.63) is 11.5 Å². The van der Waals surface area contributed by atoms with E-state index in [0.717, 1.165) is 32.1 Å². The van der Waals surface area contributed by atoms with E-state index in [1.54, 1.807) is 13.8 Å². The fourth-order valence-electron chi connectivity index (χ4n) is 3.24. The largest absolute Gasteiger partial charge is 0.453 e. The van der Waals surface area contributed by atoms with Crippen molar-refractivity contribution in [1.82, 2.24) is 0 Å². The van der Waals surface area contributed by atoms with Gasteiger partial charge in [0.1, 0.15) is 6.10 Å². The molecule has 2 aliphatic heterocycles. The van der Waals surface area contributed by atoms with Gasteiger partial charge in [0.15, 0.2) is 17.7 Å². The Kier molecular flexibility index (Phi) is 9.77. The van der Waals surface area contributed by atoms with E-state index in [4.69, 9.17) is 28.4 Å². The third-order valence-electron chi connectivity index (χ3n) is 4.89. The lowest BCUT2D eigenvalue weighted by Gasteiger charge is -2.21. The average Bonchev–Trinajstić information content (AvgIpc) is 3.22. The fraction of sp³-hybridized carbons (Fsp3) is 0.773. The second-order valence-electron chi connectivity index (χ2n) is 8.05. The van der Waals surface area contributed by atoms with Gasteiger partial charge in [0.25, 0.3) is 5.76 Å². The van der Waals surface area contributed by atoms with Crippen molar-refractivity contribution in [2.24, 2.45) is 0 Å². The first-order valence-corrected chi connectivity index (χ1v) is 11.0. The Balaban J connectivity index is 2.05. The molecule has 1 fully saturated rings. The lowest BCUT2D eigenvalue weighted by molar-refractivity contribution is -0.167. The van der Waals surface area contributed by atoms with Crippen molar-refractivity contribution in [1.29, 1.82) is 0 Å². The van der Waals surface area contributed by atoms with Gasteiger partial charge in [0.2, 0.25) is 6.79 Å². The van der Waals surface area contributed by atoms with Gasteiger partial charge in [-0.2, -0.15) is 0 Å². The summed E-state index contributed by atoms with van der Waals surface area (Å²) < 4.78 is 32.6. The first-order chi connectivity index (χ1) is 14.8. The fourth-order valence-corrected chi connectivity index (χ4v) is 3.24. The number of rotatable bonds is 13. The summed E-state index contributed by atoms with van der Waals surface area (Å²) in [5, 5.41) is 0. The molecule has 0 aromatic heterocycles. The zero-order chi connectivity index (χ0) is 22.9. The smallest absolute Gasteiger partial charge is 0.378 e. The molecule has 0 saturated carbocycles. The molecule has 0 aromatic rings. The normalized spacial score (nSPS) is 22.4. The van der Waals surface area contributed by atoms with Crippen LogP contribution in [0.2, 0.25) is 0 Å². The van der Waals surface area contributed by atoms with Crippen LogP contribution in [-0.4, -0.2) is 49.3 Å². The van der Waals surface area contributed by atoms with E-state index >= 15 is 0 Å². The third kappa shape index (κ3) is 7.81. The van der Waals surface area contributed by atoms with Crippen LogP contribution in [0.4, 0.5) is 0 Å². The molecule has 0 unspecified atom stereocenters. The molecule has 9 nitrogen and oxygen atoms in total. The van der Waals surface area contributed by atoms with Crippen LogP contribution in [0.1, 0.15) is 79.1 Å². The van der Waals surface area contributed by atoms with Crippen LogP contribution >= 0.6 is 0 Å². The quantitative estimate of drug-likeness (QED) is 0.183. The van der Waals surface area contributed by atoms with E-state index in [-0.39, 0.29) is 31.0 Å². The number of cyclic esters (lactones) is 1. The monoisotopic (exact) mass is 442 g/mol. The van der Waals surface area contributed by atoms with Crippen LogP contribution in [0.15, 0.2) is 11.5 Å². The van der Waals surface area contributed by atoms with Gasteiger partial charge in [-0.25, -0.2) is 4.79 Å². The predicted octanol–water partition coefficient (Wildman–Crippen LogP) is 3.50. The highest BCUT2D eigenvalue weighted by Gasteiger charge is 2.48. The molecule has 0 aromatic carbocycles. The van der Waals surface area contributed by atoms with Crippen molar-refractivity contribution < 1.29 is 42.8 Å². The number of hydrogen-bond donors (Lipinski definition) is 0. The Hall–Kier alpha value is -2.13. The maximum absolute atomic E-state index is 12.4. The van der Waals surface area contributed by atoms with Gasteiger partial charge in [0.05, 0.1) is 6.61 Å². The number of esters is 3. The zero-order valence-corrected chi connectivity index (χ0v) is 18.9. The summed E-state index contributed by atoms with van der Waals surface area (Å²) in [6, 6.07) is 0. The third-order valence-corrected chi connectivity index (χ3v) is 4.89. The molecule has 9 heteroatoms. The topological polar surface area (TPSA) is 107 Å². The summed E-state index contributed by atoms with van der Waals surface area (Å²) >= 11 is 0. The van der Waals surface area contributed by atoms with Gasteiger partial charge in [0, 0.05) is 12.8 Å². The summed E-state index contributed by atoms with van der Waals surface area (Å²) in [5.74, 6) is -3.00. The second-order valence-corrected chi connectivity index (χ2v) is 8.05. The molecule has 0 bridgehead atoms. The molecular formula is C22H34O9. The Morgan fingerprint density at radius 2 is 1.68 bits per heavy atom. The van der Waals surface area contributed by atoms with Crippen molar-refractivity contribution in [3.63, 3.8) is 0 Å². The molecule has 0 aliphatic carbocycles. The highest BCUT2D eigenvalue weighted by atomic mass is 16.8. The van der Waals surface area contributed by atoms with Crippen LogP contribution < -0.4 is 0 Å². The minimum absolute atomic E-state index is 0.0264. The molecule has 0 spiro atoms. The lowest BCUT2D eigenvalue weighted by Crippen LogP contribution is -2.33. The minimum Gasteiger partial charge on any atom is -0.453 e. The van der Waals surface area contributed by atoms with Gasteiger partial charge in [-0.1, -0.05) is 39.5 Å². The number of carbonyl (C=O) groups excluding carboxylic acids is 3. The summed E-state index contributed by atoms with van der Waals surface area (Å²) in [6.07, 6.45) is 3.97. The van der Waals surface area contributed by atoms with E-state index in [9.17, 15) is 14.4 Å². The molecule has 1 saturated heterocycles. The van der Waals surface area contributed by atoms with Crippen molar-refractivity contribution in [2.75, 3.05) is 13.4 Å². The van der Waals surface area contributed by atoms with Gasteiger partial charge in [-0.3, -0.25) is 9.59 Å². The van der Waals surface area contributed by atoms with Crippen LogP contribution in [0.25, 0.3) is 0 Å². The second kappa shape index (κ2) is 12.0. The van der Waals surface area contributed by atoms with Crippen LogP contribution in [0.5, 0.6) is 0 Å². The molecular weight excluding hydrogens is 408 g/mol. The average molecular weight is 443 g/mol. The van der Waals surface area contributed by atoms with E-state index in [1.165, 1.54) is 0 Å². The number of unbranched alkanes of at least 4 members (excludes halogenated alkanes) is 4.